The smallest absolute Gasteiger partial charge is 0.222 e. The normalized spacial score (nSPS) is 17.6. The number of rotatable bonds is 0. The third kappa shape index (κ3) is 1.90. The molecule has 1 unspecified atom stereocenters. The maximum Gasteiger partial charge on any atom is 0.222 e. The zero-order chi connectivity index (χ0) is 14.3. The van der Waals surface area contributed by atoms with Crippen LogP contribution in [0.25, 0.3) is 10.8 Å². The van der Waals surface area contributed by atoms with Crippen LogP contribution in [0.3, 0.4) is 0 Å². The van der Waals surface area contributed by atoms with E-state index in [0.717, 1.165) is 22.0 Å². The van der Waals surface area contributed by atoms with E-state index < -0.39 is 0 Å². The zero-order valence-corrected chi connectivity index (χ0v) is 11.3. The van der Waals surface area contributed by atoms with E-state index >= 15 is 0 Å². The first kappa shape index (κ1) is 12.5. The molecule has 0 aromatic heterocycles. The summed E-state index contributed by atoms with van der Waals surface area (Å²) < 4.78 is 0. The topological polar surface area (TPSA) is 58.5 Å². The molecule has 0 aliphatic carbocycles. The Kier molecular flexibility index (Phi) is 2.86. The summed E-state index contributed by atoms with van der Waals surface area (Å²) in [5.74, 6) is -0.610. The molecule has 20 heavy (non-hydrogen) atoms. The van der Waals surface area contributed by atoms with Gasteiger partial charge in [-0.1, -0.05) is 37.3 Å². The van der Waals surface area contributed by atoms with E-state index in [9.17, 15) is 9.59 Å². The van der Waals surface area contributed by atoms with Crippen molar-refractivity contribution in [2.45, 2.75) is 19.8 Å². The van der Waals surface area contributed by atoms with E-state index in [0.29, 0.717) is 0 Å². The number of nitrogens with zero attached hydrogens (tertiary/aromatic N) is 1. The number of benzene rings is 2. The van der Waals surface area contributed by atoms with Crippen molar-refractivity contribution in [2.75, 3.05) is 0 Å². The molecule has 100 valence electrons. The van der Waals surface area contributed by atoms with Gasteiger partial charge in [-0.3, -0.25) is 9.59 Å². The third-order valence-corrected chi connectivity index (χ3v) is 3.53. The molecule has 4 nitrogen and oxygen atoms in total. The molecule has 0 saturated carbocycles. The molecule has 1 heterocycles. The maximum atomic E-state index is 12.3. The lowest BCUT2D eigenvalue weighted by Gasteiger charge is -2.22. The first-order valence-electron chi connectivity index (χ1n) is 6.50. The van der Waals surface area contributed by atoms with Crippen LogP contribution in [0.15, 0.2) is 41.4 Å². The van der Waals surface area contributed by atoms with Crippen LogP contribution in [-0.4, -0.2) is 17.5 Å². The number of amides is 1. The SMILES string of the molecule is CC(=O)NC1=Nc2ccc3ccccc3c2C(C)C1=O. The number of fused-ring (bicyclic) bond motifs is 3. The summed E-state index contributed by atoms with van der Waals surface area (Å²) in [6.45, 7) is 3.22. The molecular weight excluding hydrogens is 252 g/mol. The van der Waals surface area contributed by atoms with Gasteiger partial charge in [0.1, 0.15) is 0 Å². The lowest BCUT2D eigenvalue weighted by Crippen LogP contribution is -2.38. The zero-order valence-electron chi connectivity index (χ0n) is 11.3. The van der Waals surface area contributed by atoms with Crippen molar-refractivity contribution in [3.63, 3.8) is 0 Å². The van der Waals surface area contributed by atoms with Gasteiger partial charge in [0, 0.05) is 6.92 Å². The molecule has 1 atom stereocenters. The molecule has 2 aromatic carbocycles. The Morgan fingerprint density at radius 2 is 1.95 bits per heavy atom. The fraction of sp³-hybridized carbons (Fsp3) is 0.188. The van der Waals surface area contributed by atoms with Crippen molar-refractivity contribution in [3.8, 4) is 0 Å². The molecule has 3 rings (SSSR count). The van der Waals surface area contributed by atoms with Gasteiger partial charge in [0.25, 0.3) is 0 Å². The summed E-state index contributed by atoms with van der Waals surface area (Å²) in [6, 6.07) is 11.8. The van der Waals surface area contributed by atoms with Crippen LogP contribution >= 0.6 is 0 Å². The Morgan fingerprint density at radius 1 is 1.20 bits per heavy atom. The largest absolute Gasteiger partial charge is 0.308 e. The fourth-order valence-corrected chi connectivity index (χ4v) is 2.60. The van der Waals surface area contributed by atoms with Gasteiger partial charge in [-0.15, -0.1) is 0 Å². The van der Waals surface area contributed by atoms with Gasteiger partial charge < -0.3 is 5.32 Å². The monoisotopic (exact) mass is 266 g/mol. The molecule has 1 N–H and O–H groups in total. The van der Waals surface area contributed by atoms with Gasteiger partial charge in [-0.2, -0.15) is 0 Å². The highest BCUT2D eigenvalue weighted by Gasteiger charge is 2.29. The highest BCUT2D eigenvalue weighted by atomic mass is 16.2. The van der Waals surface area contributed by atoms with E-state index in [2.05, 4.69) is 10.3 Å². The van der Waals surface area contributed by atoms with Crippen LogP contribution in [0.2, 0.25) is 0 Å². The standard InChI is InChI=1S/C16H14N2O2/c1-9-14-12-6-4-3-5-11(12)7-8-13(14)18-16(15(9)20)17-10(2)19/h3-9H,1-2H3,(H,17,18,19). The van der Waals surface area contributed by atoms with E-state index in [1.165, 1.54) is 6.92 Å². The Morgan fingerprint density at radius 3 is 2.70 bits per heavy atom. The summed E-state index contributed by atoms with van der Waals surface area (Å²) in [7, 11) is 0. The summed E-state index contributed by atoms with van der Waals surface area (Å²) >= 11 is 0. The second-order valence-electron chi connectivity index (χ2n) is 4.95. The minimum absolute atomic E-state index is 0.132. The predicted octanol–water partition coefficient (Wildman–Crippen LogP) is 2.69. The summed E-state index contributed by atoms with van der Waals surface area (Å²) in [4.78, 5) is 27.8. The molecule has 2 aromatic rings. The van der Waals surface area contributed by atoms with Crippen molar-refractivity contribution in [1.29, 1.82) is 0 Å². The van der Waals surface area contributed by atoms with Crippen LogP contribution in [0.1, 0.15) is 25.3 Å². The van der Waals surface area contributed by atoms with Gasteiger partial charge in [0.15, 0.2) is 5.84 Å². The van der Waals surface area contributed by atoms with E-state index in [-0.39, 0.29) is 23.4 Å². The lowest BCUT2D eigenvalue weighted by atomic mass is 9.87. The quantitative estimate of drug-likeness (QED) is 0.797. The number of carbonyl (C=O) groups excluding carboxylic acids is 2. The molecule has 4 heteroatoms. The Bertz CT molecular complexity index is 762. The average molecular weight is 266 g/mol. The molecule has 1 amide bonds. The van der Waals surface area contributed by atoms with Gasteiger partial charge >= 0.3 is 0 Å². The Labute approximate surface area is 116 Å². The number of hydrogen-bond acceptors (Lipinski definition) is 3. The van der Waals surface area contributed by atoms with Crippen LogP contribution in [0.5, 0.6) is 0 Å². The molecule has 1 aliphatic heterocycles. The number of amidine groups is 1. The molecular formula is C16H14N2O2. The number of ketones is 1. The van der Waals surface area contributed by atoms with Crippen molar-refractivity contribution >= 4 is 34.0 Å². The van der Waals surface area contributed by atoms with E-state index in [1.807, 2.05) is 43.3 Å². The minimum atomic E-state index is -0.310. The summed E-state index contributed by atoms with van der Waals surface area (Å²) in [5.41, 5.74) is 1.68. The molecule has 1 aliphatic rings. The van der Waals surface area contributed by atoms with Crippen molar-refractivity contribution in [1.82, 2.24) is 5.32 Å². The van der Waals surface area contributed by atoms with Crippen LogP contribution < -0.4 is 5.32 Å². The number of aliphatic imine (C=N–C) groups is 1. The van der Waals surface area contributed by atoms with Crippen molar-refractivity contribution in [3.05, 3.63) is 42.0 Å². The van der Waals surface area contributed by atoms with Crippen LogP contribution in [0, 0.1) is 0 Å². The van der Waals surface area contributed by atoms with Crippen LogP contribution in [-0.2, 0) is 9.59 Å². The van der Waals surface area contributed by atoms with Crippen LogP contribution in [0.4, 0.5) is 5.69 Å². The first-order valence-corrected chi connectivity index (χ1v) is 6.50. The van der Waals surface area contributed by atoms with Gasteiger partial charge in [0.05, 0.1) is 11.6 Å². The molecule has 0 saturated heterocycles. The van der Waals surface area contributed by atoms with Crippen molar-refractivity contribution < 1.29 is 9.59 Å². The Balaban J connectivity index is 2.24. The number of hydrogen-bond donors (Lipinski definition) is 1. The Hall–Kier alpha value is -2.49. The maximum absolute atomic E-state index is 12.3. The molecule has 0 radical (unpaired) electrons. The summed E-state index contributed by atoms with van der Waals surface area (Å²) in [5, 5.41) is 4.64. The molecule has 0 bridgehead atoms. The lowest BCUT2D eigenvalue weighted by molar-refractivity contribution is -0.119. The highest BCUT2D eigenvalue weighted by Crippen LogP contribution is 2.37. The van der Waals surface area contributed by atoms with E-state index in [4.69, 9.17) is 0 Å². The van der Waals surface area contributed by atoms with Gasteiger partial charge in [-0.25, -0.2) is 4.99 Å². The number of carbonyl (C=O) groups is 2. The predicted molar refractivity (Wildman–Crippen MR) is 78.3 cm³/mol. The van der Waals surface area contributed by atoms with Crippen molar-refractivity contribution in [2.24, 2.45) is 4.99 Å². The fourth-order valence-electron chi connectivity index (χ4n) is 2.60. The second kappa shape index (κ2) is 4.56. The average Bonchev–Trinajstić information content (AvgIpc) is 2.43. The molecule has 0 fully saturated rings. The van der Waals surface area contributed by atoms with Gasteiger partial charge in [0.2, 0.25) is 11.7 Å². The minimum Gasteiger partial charge on any atom is -0.308 e. The third-order valence-electron chi connectivity index (χ3n) is 3.53. The molecule has 0 spiro atoms. The number of nitrogens with one attached hydrogen (secondary N) is 1. The summed E-state index contributed by atoms with van der Waals surface area (Å²) in [6.07, 6.45) is 0. The van der Waals surface area contributed by atoms with Gasteiger partial charge in [-0.05, 0) is 22.4 Å². The number of Topliss-reactive ketones (excluding diaryl/α,β-unsaturated/α-hetero) is 1. The first-order chi connectivity index (χ1) is 9.58. The highest BCUT2D eigenvalue weighted by molar-refractivity contribution is 6.44. The van der Waals surface area contributed by atoms with E-state index in [1.54, 1.807) is 0 Å². The second-order valence-corrected chi connectivity index (χ2v) is 4.95.